The van der Waals surface area contributed by atoms with Crippen LogP contribution in [0.5, 0.6) is 0 Å². The Morgan fingerprint density at radius 1 is 1.22 bits per heavy atom. The number of hydrogen-bond donors (Lipinski definition) is 2. The topological polar surface area (TPSA) is 78.4 Å². The summed E-state index contributed by atoms with van der Waals surface area (Å²) >= 11 is 6.06. The predicted octanol–water partition coefficient (Wildman–Crippen LogP) is 3.80. The number of amides is 1. The molecule has 1 fully saturated rings. The van der Waals surface area contributed by atoms with Gasteiger partial charge in [0.2, 0.25) is 0 Å². The Morgan fingerprint density at radius 2 is 2.03 bits per heavy atom. The first kappa shape index (κ1) is 22.4. The van der Waals surface area contributed by atoms with Crippen molar-refractivity contribution in [3.05, 3.63) is 94.5 Å². The molecule has 0 saturated carbocycles. The standard InChI is InChI=1S/C25H27ClN4O2/c1-30(16-22-15-27-11-12-28-22)25(32)18-7-5-17(6-8-18)13-21-9-10-23(29-21)24(31)19-3-2-4-20(26)14-19/h2-8,11-12,14-15,21,23-24,29,31H,9-10,13,16H2,1H3/t21-,23+,24?/m0/s1. The van der Waals surface area contributed by atoms with Gasteiger partial charge in [0.1, 0.15) is 0 Å². The maximum Gasteiger partial charge on any atom is 0.253 e. The lowest BCUT2D eigenvalue weighted by Gasteiger charge is -2.21. The lowest BCUT2D eigenvalue weighted by molar-refractivity contribution is 0.0783. The van der Waals surface area contributed by atoms with E-state index >= 15 is 0 Å². The molecule has 0 bridgehead atoms. The van der Waals surface area contributed by atoms with Gasteiger partial charge in [0.25, 0.3) is 5.91 Å². The molecule has 7 heteroatoms. The highest BCUT2D eigenvalue weighted by Crippen LogP contribution is 2.28. The average molecular weight is 451 g/mol. The maximum atomic E-state index is 12.7. The molecule has 2 aromatic carbocycles. The number of hydrogen-bond acceptors (Lipinski definition) is 5. The minimum absolute atomic E-state index is 0.00838. The minimum Gasteiger partial charge on any atom is -0.387 e. The van der Waals surface area contributed by atoms with Crippen molar-refractivity contribution >= 4 is 17.5 Å². The van der Waals surface area contributed by atoms with E-state index in [1.54, 1.807) is 30.5 Å². The van der Waals surface area contributed by atoms with Crippen LogP contribution in [0.15, 0.2) is 67.1 Å². The van der Waals surface area contributed by atoms with Gasteiger partial charge in [-0.15, -0.1) is 0 Å². The van der Waals surface area contributed by atoms with Crippen molar-refractivity contribution in [1.82, 2.24) is 20.2 Å². The van der Waals surface area contributed by atoms with E-state index in [-0.39, 0.29) is 18.0 Å². The predicted molar refractivity (Wildman–Crippen MR) is 124 cm³/mol. The smallest absolute Gasteiger partial charge is 0.253 e. The Kier molecular flexibility index (Phi) is 7.15. The molecule has 1 unspecified atom stereocenters. The van der Waals surface area contributed by atoms with Gasteiger partial charge in [0.15, 0.2) is 0 Å². The van der Waals surface area contributed by atoms with E-state index in [0.717, 1.165) is 36.1 Å². The van der Waals surface area contributed by atoms with Crippen molar-refractivity contribution in [2.24, 2.45) is 0 Å². The van der Waals surface area contributed by atoms with Crippen molar-refractivity contribution in [1.29, 1.82) is 0 Å². The summed E-state index contributed by atoms with van der Waals surface area (Å²) in [4.78, 5) is 22.6. The zero-order valence-electron chi connectivity index (χ0n) is 18.0. The Morgan fingerprint density at radius 3 is 2.75 bits per heavy atom. The molecule has 3 atom stereocenters. The first-order valence-corrected chi connectivity index (χ1v) is 11.2. The molecule has 1 amide bonds. The highest BCUT2D eigenvalue weighted by atomic mass is 35.5. The fraction of sp³-hybridized carbons (Fsp3) is 0.320. The fourth-order valence-electron chi connectivity index (χ4n) is 4.20. The highest BCUT2D eigenvalue weighted by Gasteiger charge is 2.30. The van der Waals surface area contributed by atoms with Crippen molar-refractivity contribution < 1.29 is 9.90 Å². The molecule has 1 aliphatic heterocycles. The van der Waals surface area contributed by atoms with Crippen LogP contribution in [-0.4, -0.2) is 45.0 Å². The minimum atomic E-state index is -0.580. The first-order valence-electron chi connectivity index (χ1n) is 10.8. The number of aromatic nitrogens is 2. The zero-order valence-corrected chi connectivity index (χ0v) is 18.7. The van der Waals surface area contributed by atoms with Crippen molar-refractivity contribution in [3.63, 3.8) is 0 Å². The molecule has 1 aromatic heterocycles. The molecular formula is C25H27ClN4O2. The molecule has 166 valence electrons. The van der Waals surface area contributed by atoms with Crippen LogP contribution in [0.25, 0.3) is 0 Å². The number of carbonyl (C=O) groups is 1. The number of rotatable bonds is 7. The quantitative estimate of drug-likeness (QED) is 0.572. The number of aliphatic hydroxyl groups excluding tert-OH is 1. The third kappa shape index (κ3) is 5.51. The van der Waals surface area contributed by atoms with Gasteiger partial charge < -0.3 is 15.3 Å². The average Bonchev–Trinajstić information content (AvgIpc) is 3.27. The number of halogens is 1. The van der Waals surface area contributed by atoms with Crippen LogP contribution in [0.4, 0.5) is 0 Å². The van der Waals surface area contributed by atoms with Gasteiger partial charge in [-0.25, -0.2) is 0 Å². The van der Waals surface area contributed by atoms with E-state index in [1.165, 1.54) is 0 Å². The van der Waals surface area contributed by atoms with Crippen molar-refractivity contribution in [2.45, 2.75) is 44.0 Å². The lowest BCUT2D eigenvalue weighted by atomic mass is 10.0. The Balaban J connectivity index is 1.31. The van der Waals surface area contributed by atoms with Gasteiger partial charge >= 0.3 is 0 Å². The summed E-state index contributed by atoms with van der Waals surface area (Å²) in [6.07, 6.45) is 7.07. The molecule has 3 aromatic rings. The van der Waals surface area contributed by atoms with E-state index in [2.05, 4.69) is 15.3 Å². The summed E-state index contributed by atoms with van der Waals surface area (Å²) in [5.74, 6) is -0.0501. The second kappa shape index (κ2) is 10.2. The van der Waals surface area contributed by atoms with E-state index in [0.29, 0.717) is 17.1 Å². The van der Waals surface area contributed by atoms with Gasteiger partial charge in [-0.05, 0) is 54.7 Å². The molecule has 2 N–H and O–H groups in total. The van der Waals surface area contributed by atoms with Crippen molar-refractivity contribution in [2.75, 3.05) is 7.05 Å². The monoisotopic (exact) mass is 450 g/mol. The third-order valence-corrected chi connectivity index (χ3v) is 6.13. The van der Waals surface area contributed by atoms with Gasteiger partial charge in [0.05, 0.1) is 24.5 Å². The summed E-state index contributed by atoms with van der Waals surface area (Å²) in [6.45, 7) is 0.413. The van der Waals surface area contributed by atoms with E-state index in [9.17, 15) is 9.90 Å². The SMILES string of the molecule is CN(Cc1cnccn1)C(=O)c1ccc(C[C@@H]2CC[C@H](C(O)c3cccc(Cl)c3)N2)cc1. The Labute approximate surface area is 193 Å². The Hall–Kier alpha value is -2.80. The van der Waals surface area contributed by atoms with E-state index in [4.69, 9.17) is 11.6 Å². The number of nitrogens with zero attached hydrogens (tertiary/aromatic N) is 3. The van der Waals surface area contributed by atoms with Gasteiger partial charge in [0, 0.05) is 42.1 Å². The molecule has 32 heavy (non-hydrogen) atoms. The molecular weight excluding hydrogens is 424 g/mol. The highest BCUT2D eigenvalue weighted by molar-refractivity contribution is 6.30. The molecule has 1 saturated heterocycles. The lowest BCUT2D eigenvalue weighted by Crippen LogP contribution is -2.35. The van der Waals surface area contributed by atoms with E-state index < -0.39 is 6.10 Å². The molecule has 2 heterocycles. The van der Waals surface area contributed by atoms with Crippen LogP contribution < -0.4 is 5.32 Å². The van der Waals surface area contributed by atoms with Crippen molar-refractivity contribution in [3.8, 4) is 0 Å². The summed E-state index contributed by atoms with van der Waals surface area (Å²) in [6, 6.07) is 15.4. The van der Waals surface area contributed by atoms with Gasteiger partial charge in [-0.3, -0.25) is 14.8 Å². The molecule has 0 aliphatic carbocycles. The molecule has 6 nitrogen and oxygen atoms in total. The van der Waals surface area contributed by atoms with Gasteiger partial charge in [-0.1, -0.05) is 35.9 Å². The molecule has 0 radical (unpaired) electrons. The normalized spacial score (nSPS) is 19.0. The second-order valence-electron chi connectivity index (χ2n) is 8.31. The number of aliphatic hydroxyl groups is 1. The van der Waals surface area contributed by atoms with E-state index in [1.807, 2.05) is 48.5 Å². The van der Waals surface area contributed by atoms with Crippen LogP contribution in [-0.2, 0) is 13.0 Å². The number of nitrogens with one attached hydrogen (secondary N) is 1. The van der Waals surface area contributed by atoms with Crippen LogP contribution >= 0.6 is 11.6 Å². The maximum absolute atomic E-state index is 12.7. The summed E-state index contributed by atoms with van der Waals surface area (Å²) in [7, 11) is 1.76. The first-order chi connectivity index (χ1) is 15.5. The van der Waals surface area contributed by atoms with Crippen LogP contribution in [0.2, 0.25) is 5.02 Å². The van der Waals surface area contributed by atoms with Crippen LogP contribution in [0, 0.1) is 0 Å². The Bertz CT molecular complexity index is 1050. The third-order valence-electron chi connectivity index (χ3n) is 5.89. The van der Waals surface area contributed by atoms with Gasteiger partial charge in [-0.2, -0.15) is 0 Å². The fourth-order valence-corrected chi connectivity index (χ4v) is 4.40. The van der Waals surface area contributed by atoms with Crippen LogP contribution in [0.3, 0.4) is 0 Å². The summed E-state index contributed by atoms with van der Waals surface area (Å²) in [5, 5.41) is 14.9. The summed E-state index contributed by atoms with van der Waals surface area (Å²) in [5.41, 5.74) is 3.40. The zero-order chi connectivity index (χ0) is 22.5. The molecule has 0 spiro atoms. The molecule has 1 aliphatic rings. The largest absolute Gasteiger partial charge is 0.387 e. The molecule has 4 rings (SSSR count). The second-order valence-corrected chi connectivity index (χ2v) is 8.74. The number of carbonyl (C=O) groups excluding carboxylic acids is 1. The summed E-state index contributed by atoms with van der Waals surface area (Å²) < 4.78 is 0. The van der Waals surface area contributed by atoms with Crippen LogP contribution in [0.1, 0.15) is 46.1 Å². The number of benzene rings is 2.